The van der Waals surface area contributed by atoms with E-state index in [1.165, 1.54) is 32.7 Å². The summed E-state index contributed by atoms with van der Waals surface area (Å²) in [7, 11) is 0. The molecule has 0 unspecified atom stereocenters. The third kappa shape index (κ3) is 7.56. The number of para-hydroxylation sites is 5. The highest BCUT2D eigenvalue weighted by Gasteiger charge is 2.24. The molecular weight excluding hydrogens is 1020 g/mol. The number of benzene rings is 12. The van der Waals surface area contributed by atoms with Gasteiger partial charge in [-0.2, -0.15) is 4.57 Å². The normalized spacial score (nSPS) is 11.9. The van der Waals surface area contributed by atoms with Crippen molar-refractivity contribution in [1.82, 2.24) is 34.3 Å². The van der Waals surface area contributed by atoms with E-state index < -0.39 is 0 Å². The second kappa shape index (κ2) is 18.6. The fraction of sp³-hybridized carbons (Fsp3) is 0. The van der Waals surface area contributed by atoms with Crippen LogP contribution in [0.3, 0.4) is 0 Å². The third-order valence-corrected chi connectivity index (χ3v) is 16.4. The van der Waals surface area contributed by atoms with Crippen molar-refractivity contribution >= 4 is 87.1 Å². The molecule has 0 N–H and O–H groups in total. The fourth-order valence-electron chi connectivity index (χ4n) is 12.5. The molecule has 5 aromatic heterocycles. The lowest BCUT2D eigenvalue weighted by Crippen LogP contribution is -2.32. The Morgan fingerprint density at radius 3 is 1.43 bits per heavy atom. The van der Waals surface area contributed by atoms with Crippen LogP contribution in [0, 0.1) is 0 Å². The van der Waals surface area contributed by atoms with Gasteiger partial charge in [0.05, 0.1) is 33.3 Å². The van der Waals surface area contributed by atoms with Gasteiger partial charge in [-0.1, -0.05) is 188 Å². The van der Waals surface area contributed by atoms with E-state index in [-0.39, 0.29) is 0 Å². The van der Waals surface area contributed by atoms with Crippen molar-refractivity contribution in [2.45, 2.75) is 0 Å². The van der Waals surface area contributed by atoms with Crippen LogP contribution in [0.4, 0.5) is 0 Å². The summed E-state index contributed by atoms with van der Waals surface area (Å²) >= 11 is 0. The smallest absolute Gasteiger partial charge is 0.248 e. The van der Waals surface area contributed by atoms with Gasteiger partial charge in [0, 0.05) is 61.8 Å². The van der Waals surface area contributed by atoms with Gasteiger partial charge >= 0.3 is 0 Å². The molecular formula is C74H45N8O+. The number of nitrogens with zero attached hydrogens (tertiary/aromatic N) is 8. The first-order valence-corrected chi connectivity index (χ1v) is 27.8. The van der Waals surface area contributed by atoms with Crippen LogP contribution < -0.4 is 4.57 Å². The summed E-state index contributed by atoms with van der Waals surface area (Å²) in [5.41, 5.74) is 15.8. The van der Waals surface area contributed by atoms with Crippen molar-refractivity contribution in [3.8, 4) is 73.9 Å². The molecule has 9 nitrogen and oxygen atoms in total. The first kappa shape index (κ1) is 46.5. The molecule has 12 aromatic carbocycles. The van der Waals surface area contributed by atoms with E-state index in [1.54, 1.807) is 0 Å². The third-order valence-electron chi connectivity index (χ3n) is 16.4. The Kier molecular flexibility index (Phi) is 10.4. The second-order valence-electron chi connectivity index (χ2n) is 21.1. The summed E-state index contributed by atoms with van der Waals surface area (Å²) in [6.45, 7) is 0. The van der Waals surface area contributed by atoms with Crippen molar-refractivity contribution in [3.05, 3.63) is 273 Å². The van der Waals surface area contributed by atoms with E-state index in [0.717, 1.165) is 111 Å². The molecule has 9 heteroatoms. The molecule has 0 spiro atoms. The molecule has 386 valence electrons. The van der Waals surface area contributed by atoms with E-state index in [0.29, 0.717) is 17.7 Å². The minimum absolute atomic E-state index is 0.398. The fourth-order valence-corrected chi connectivity index (χ4v) is 12.5. The number of hydrogen-bond donors (Lipinski definition) is 0. The number of rotatable bonds is 8. The molecule has 0 atom stereocenters. The lowest BCUT2D eigenvalue weighted by molar-refractivity contribution is -0.567. The number of aromatic nitrogens is 8. The molecule has 83 heavy (non-hydrogen) atoms. The Morgan fingerprint density at radius 1 is 0.325 bits per heavy atom. The molecule has 17 rings (SSSR count). The van der Waals surface area contributed by atoms with Crippen LogP contribution in [0.1, 0.15) is 0 Å². The zero-order valence-corrected chi connectivity index (χ0v) is 44.5. The van der Waals surface area contributed by atoms with E-state index in [4.69, 9.17) is 29.6 Å². The molecule has 0 aliphatic carbocycles. The van der Waals surface area contributed by atoms with Crippen LogP contribution in [0.2, 0.25) is 0 Å². The molecule has 0 saturated carbocycles. The Morgan fingerprint density at radius 2 is 0.795 bits per heavy atom. The van der Waals surface area contributed by atoms with Crippen molar-refractivity contribution in [2.75, 3.05) is 0 Å². The maximum absolute atomic E-state index is 6.70. The molecule has 0 aliphatic rings. The summed E-state index contributed by atoms with van der Waals surface area (Å²) in [6, 6.07) is 93.7. The first-order valence-electron chi connectivity index (χ1n) is 27.8. The quantitative estimate of drug-likeness (QED) is 0.141. The van der Waals surface area contributed by atoms with Gasteiger partial charge in [0.2, 0.25) is 40.9 Å². The predicted octanol–water partition coefficient (Wildman–Crippen LogP) is 17.7. The summed E-state index contributed by atoms with van der Waals surface area (Å²) < 4.78 is 13.3. The van der Waals surface area contributed by atoms with E-state index >= 15 is 0 Å². The van der Waals surface area contributed by atoms with Gasteiger partial charge in [0.25, 0.3) is 0 Å². The lowest BCUT2D eigenvalue weighted by atomic mass is 9.96. The zero-order valence-electron chi connectivity index (χ0n) is 44.5. The highest BCUT2D eigenvalue weighted by Crippen LogP contribution is 2.39. The van der Waals surface area contributed by atoms with Crippen LogP contribution in [0.15, 0.2) is 278 Å². The van der Waals surface area contributed by atoms with Crippen molar-refractivity contribution in [1.29, 1.82) is 0 Å². The maximum atomic E-state index is 6.70. The van der Waals surface area contributed by atoms with Crippen molar-refractivity contribution < 1.29 is 8.98 Å². The van der Waals surface area contributed by atoms with Gasteiger partial charge in [-0.3, -0.25) is 9.13 Å². The lowest BCUT2D eigenvalue weighted by Gasteiger charge is -2.13. The average Bonchev–Trinajstić information content (AvgIpc) is 3.78. The first-order chi connectivity index (χ1) is 41.1. The molecule has 17 aromatic rings. The minimum Gasteiger partial charge on any atom is -0.416 e. The van der Waals surface area contributed by atoms with Gasteiger partial charge < -0.3 is 4.42 Å². The topological polar surface area (TPSA) is 91.3 Å². The number of fused-ring (bicyclic) bond motifs is 10. The Hall–Kier alpha value is -11.4. The summed E-state index contributed by atoms with van der Waals surface area (Å²) in [5.74, 6) is 2.14. The van der Waals surface area contributed by atoms with Crippen LogP contribution in [-0.4, -0.2) is 34.3 Å². The van der Waals surface area contributed by atoms with Crippen LogP contribution in [0.5, 0.6) is 0 Å². The predicted molar refractivity (Wildman–Crippen MR) is 335 cm³/mol. The average molecular weight is 1060 g/mol. The molecule has 0 fully saturated rings. The highest BCUT2D eigenvalue weighted by molar-refractivity contribution is 6.11. The van der Waals surface area contributed by atoms with E-state index in [9.17, 15) is 0 Å². The Bertz CT molecular complexity index is 5120. The van der Waals surface area contributed by atoms with Crippen molar-refractivity contribution in [3.63, 3.8) is 0 Å². The standard InChI is InChI=1S/C74H45N8O/c1-3-19-54-46(15-1)17-13-24-56(54)48-31-33-50(34-32-48)71-62-23-5-8-26-63(62)76-74(77-71)82-66-29-11-7-22-59(66)61-42-38-52(44-69(61)82)73-79-78-72(83-73)51-37-41-60-58-21-6-10-28-65(58)81(68(60)43-51)70-45-80(67-30-12-9-27-64(67)75-70)53-39-35-49(36-40-53)57-25-14-18-47-16-2-4-20-55(47)57/h1-45H/q+1. The van der Waals surface area contributed by atoms with Gasteiger partial charge in [-0.15, -0.1) is 10.2 Å². The van der Waals surface area contributed by atoms with E-state index in [1.807, 2.05) is 18.2 Å². The molecule has 0 bridgehead atoms. The van der Waals surface area contributed by atoms with Crippen molar-refractivity contribution in [2.24, 2.45) is 0 Å². The van der Waals surface area contributed by atoms with Gasteiger partial charge in [-0.05, 0) is 104 Å². The SMILES string of the molecule is c1ccc2c(-c3ccc(-c4nc(-n5c6ccccc6c6ccc(-c7nnc(-c8ccc9c%10ccccc%10n(-c%10c[n+](-c%11ccc(-c%12cccc%13ccccc%12%13)cc%11)c%11ccccc%11n%10)c9c8)o7)cc65)nc5ccccc45)cc3)cccc2c1. The zero-order chi connectivity index (χ0) is 54.5. The summed E-state index contributed by atoms with van der Waals surface area (Å²) in [6.07, 6.45) is 2.14. The molecule has 0 aliphatic heterocycles. The molecule has 0 amide bonds. The van der Waals surface area contributed by atoms with Crippen LogP contribution in [0.25, 0.3) is 161 Å². The molecule has 0 radical (unpaired) electrons. The maximum Gasteiger partial charge on any atom is 0.248 e. The highest BCUT2D eigenvalue weighted by atomic mass is 16.4. The van der Waals surface area contributed by atoms with Gasteiger partial charge in [0.15, 0.2) is 0 Å². The molecule has 5 heterocycles. The summed E-state index contributed by atoms with van der Waals surface area (Å²) in [4.78, 5) is 16.1. The van der Waals surface area contributed by atoms with Gasteiger partial charge in [-0.25, -0.2) is 15.0 Å². The summed E-state index contributed by atoms with van der Waals surface area (Å²) in [5, 5.41) is 19.6. The minimum atomic E-state index is 0.398. The van der Waals surface area contributed by atoms with Gasteiger partial charge in [0.1, 0.15) is 5.52 Å². The monoisotopic (exact) mass is 1060 g/mol. The molecule has 0 saturated heterocycles. The van der Waals surface area contributed by atoms with E-state index in [2.05, 4.69) is 269 Å². The van der Waals surface area contributed by atoms with Crippen LogP contribution in [-0.2, 0) is 0 Å². The number of hydrogen-bond acceptors (Lipinski definition) is 6. The largest absolute Gasteiger partial charge is 0.416 e. The Labute approximate surface area is 474 Å². The van der Waals surface area contributed by atoms with Crippen LogP contribution >= 0.6 is 0 Å². The second-order valence-corrected chi connectivity index (χ2v) is 21.1. The Balaban J connectivity index is 0.756.